The van der Waals surface area contributed by atoms with Crippen LogP contribution in [-0.2, 0) is 12.5 Å². The average Bonchev–Trinajstić information content (AvgIpc) is 3.10. The lowest BCUT2D eigenvalue weighted by Gasteiger charge is -2.27. The molecule has 0 spiro atoms. The Hall–Kier alpha value is -1.66. The van der Waals surface area contributed by atoms with Gasteiger partial charge in [0.15, 0.2) is 0 Å². The van der Waals surface area contributed by atoms with Crippen LogP contribution >= 0.6 is 23.1 Å². The first-order chi connectivity index (χ1) is 12.0. The molecule has 1 aliphatic rings. The van der Waals surface area contributed by atoms with E-state index in [4.69, 9.17) is 0 Å². The molecule has 3 rings (SSSR count). The van der Waals surface area contributed by atoms with Crippen molar-refractivity contribution in [3.8, 4) is 0 Å². The SMILES string of the molecule is Fc1ccc(C(F)(F)CCSC2=CC=CCN2Cc2cccs2)cc1. The van der Waals surface area contributed by atoms with Gasteiger partial charge in [-0.25, -0.2) is 13.2 Å². The fraction of sp³-hybridized carbons (Fsp3) is 0.263. The molecule has 132 valence electrons. The summed E-state index contributed by atoms with van der Waals surface area (Å²) in [5.41, 5.74) is -0.137. The molecule has 0 radical (unpaired) electrons. The first-order valence-electron chi connectivity index (χ1n) is 7.95. The molecule has 2 aromatic rings. The van der Waals surface area contributed by atoms with Gasteiger partial charge < -0.3 is 4.90 Å². The van der Waals surface area contributed by atoms with Crippen molar-refractivity contribution in [3.63, 3.8) is 0 Å². The third-order valence-electron chi connectivity index (χ3n) is 3.87. The number of thiophene rings is 1. The lowest BCUT2D eigenvalue weighted by Crippen LogP contribution is -2.23. The van der Waals surface area contributed by atoms with Crippen molar-refractivity contribution in [1.82, 2.24) is 4.90 Å². The Balaban J connectivity index is 1.57. The summed E-state index contributed by atoms with van der Waals surface area (Å²) in [4.78, 5) is 3.44. The number of rotatable bonds is 7. The molecule has 0 bridgehead atoms. The standard InChI is InChI=1S/C19H18F3NS2/c20-16-8-6-15(7-9-16)19(21,22)10-13-25-18-5-1-2-11-23(18)14-17-4-3-12-24-17/h1-9,12H,10-11,13-14H2. The molecular formula is C19H18F3NS2. The summed E-state index contributed by atoms with van der Waals surface area (Å²) >= 11 is 3.13. The molecule has 0 aliphatic carbocycles. The zero-order chi connectivity index (χ0) is 17.7. The van der Waals surface area contributed by atoms with Gasteiger partial charge in [-0.05, 0) is 29.7 Å². The fourth-order valence-electron chi connectivity index (χ4n) is 2.53. The highest BCUT2D eigenvalue weighted by Crippen LogP contribution is 2.35. The van der Waals surface area contributed by atoms with E-state index in [2.05, 4.69) is 17.0 Å². The molecule has 1 aliphatic heterocycles. The summed E-state index contributed by atoms with van der Waals surface area (Å²) in [7, 11) is 0. The minimum atomic E-state index is -2.95. The van der Waals surface area contributed by atoms with Crippen molar-refractivity contribution in [2.75, 3.05) is 12.3 Å². The topological polar surface area (TPSA) is 3.24 Å². The maximum absolute atomic E-state index is 14.3. The van der Waals surface area contributed by atoms with Crippen molar-refractivity contribution >= 4 is 23.1 Å². The zero-order valence-electron chi connectivity index (χ0n) is 13.5. The molecule has 1 aromatic heterocycles. The summed E-state index contributed by atoms with van der Waals surface area (Å²) in [5.74, 6) is -3.16. The van der Waals surface area contributed by atoms with Crippen LogP contribution in [0.2, 0.25) is 0 Å². The number of thioether (sulfide) groups is 1. The van der Waals surface area contributed by atoms with Crippen molar-refractivity contribution in [3.05, 3.63) is 81.3 Å². The van der Waals surface area contributed by atoms with Crippen LogP contribution < -0.4 is 0 Å². The molecule has 1 nitrogen and oxygen atoms in total. The molecule has 0 atom stereocenters. The quantitative estimate of drug-likeness (QED) is 0.577. The summed E-state index contributed by atoms with van der Waals surface area (Å²) in [6, 6.07) is 8.56. The van der Waals surface area contributed by atoms with E-state index >= 15 is 0 Å². The van der Waals surface area contributed by atoms with Gasteiger partial charge in [0.1, 0.15) is 5.82 Å². The fourth-order valence-corrected chi connectivity index (χ4v) is 4.31. The van der Waals surface area contributed by atoms with Crippen LogP contribution in [0, 0.1) is 5.82 Å². The molecule has 0 N–H and O–H groups in total. The van der Waals surface area contributed by atoms with Crippen LogP contribution in [0.3, 0.4) is 0 Å². The number of hydrogen-bond donors (Lipinski definition) is 0. The number of alkyl halides is 2. The Labute approximate surface area is 153 Å². The Bertz CT molecular complexity index is 737. The second kappa shape index (κ2) is 8.15. The van der Waals surface area contributed by atoms with E-state index in [0.29, 0.717) is 5.75 Å². The summed E-state index contributed by atoms with van der Waals surface area (Å²) in [6.07, 6.45) is 5.71. The summed E-state index contributed by atoms with van der Waals surface area (Å²) in [6.45, 7) is 1.57. The number of hydrogen-bond acceptors (Lipinski definition) is 3. The number of benzene rings is 1. The van der Waals surface area contributed by atoms with Crippen molar-refractivity contribution in [2.24, 2.45) is 0 Å². The second-order valence-electron chi connectivity index (χ2n) is 5.70. The minimum absolute atomic E-state index is 0.137. The van der Waals surface area contributed by atoms with Crippen LogP contribution in [0.4, 0.5) is 13.2 Å². The van der Waals surface area contributed by atoms with E-state index in [-0.39, 0.29) is 12.0 Å². The Morgan fingerprint density at radius 2 is 1.96 bits per heavy atom. The average molecular weight is 381 g/mol. The third-order valence-corrected chi connectivity index (χ3v) is 5.83. The summed E-state index contributed by atoms with van der Waals surface area (Å²) < 4.78 is 41.4. The highest BCUT2D eigenvalue weighted by molar-refractivity contribution is 8.03. The lowest BCUT2D eigenvalue weighted by atomic mass is 10.1. The van der Waals surface area contributed by atoms with Gasteiger partial charge in [0.05, 0.1) is 11.6 Å². The predicted molar refractivity (Wildman–Crippen MR) is 99.3 cm³/mol. The predicted octanol–water partition coefficient (Wildman–Crippen LogP) is 6.02. The Kier molecular flexibility index (Phi) is 5.91. The first kappa shape index (κ1) is 18.1. The van der Waals surface area contributed by atoms with Crippen molar-refractivity contribution in [1.29, 1.82) is 0 Å². The molecule has 25 heavy (non-hydrogen) atoms. The summed E-state index contributed by atoms with van der Waals surface area (Å²) in [5, 5.41) is 3.04. The van der Waals surface area contributed by atoms with Gasteiger partial charge >= 0.3 is 0 Å². The van der Waals surface area contributed by atoms with Crippen LogP contribution in [0.5, 0.6) is 0 Å². The molecule has 6 heteroatoms. The second-order valence-corrected chi connectivity index (χ2v) is 7.85. The maximum atomic E-state index is 14.3. The van der Waals surface area contributed by atoms with Crippen molar-refractivity contribution in [2.45, 2.75) is 18.9 Å². The normalized spacial score (nSPS) is 14.7. The largest absolute Gasteiger partial charge is 0.357 e. The van der Waals surface area contributed by atoms with E-state index in [9.17, 15) is 13.2 Å². The zero-order valence-corrected chi connectivity index (χ0v) is 15.1. The molecule has 2 heterocycles. The molecular weight excluding hydrogens is 363 g/mol. The molecule has 1 aromatic carbocycles. The van der Waals surface area contributed by atoms with Gasteiger partial charge in [0.25, 0.3) is 5.92 Å². The van der Waals surface area contributed by atoms with E-state index in [1.165, 1.54) is 16.6 Å². The maximum Gasteiger partial charge on any atom is 0.274 e. The van der Waals surface area contributed by atoms with E-state index in [0.717, 1.165) is 42.4 Å². The van der Waals surface area contributed by atoms with Crippen molar-refractivity contribution < 1.29 is 13.2 Å². The highest BCUT2D eigenvalue weighted by Gasteiger charge is 2.31. The minimum Gasteiger partial charge on any atom is -0.357 e. The van der Waals surface area contributed by atoms with Gasteiger partial charge in [-0.2, -0.15) is 0 Å². The molecule has 0 saturated heterocycles. The van der Waals surface area contributed by atoms with Gasteiger partial charge in [-0.3, -0.25) is 0 Å². The molecule has 0 amide bonds. The Morgan fingerprint density at radius 1 is 1.16 bits per heavy atom. The van der Waals surface area contributed by atoms with E-state index < -0.39 is 11.7 Å². The van der Waals surface area contributed by atoms with Crippen LogP contribution in [0.1, 0.15) is 16.9 Å². The van der Waals surface area contributed by atoms with Gasteiger partial charge in [0, 0.05) is 29.2 Å². The van der Waals surface area contributed by atoms with Crippen LogP contribution in [-0.4, -0.2) is 17.2 Å². The van der Waals surface area contributed by atoms with Gasteiger partial charge in [-0.1, -0.05) is 30.4 Å². The molecule has 0 saturated carbocycles. The number of allylic oxidation sites excluding steroid dienone is 2. The van der Waals surface area contributed by atoms with Crippen LogP contribution in [0.25, 0.3) is 0 Å². The van der Waals surface area contributed by atoms with Crippen LogP contribution in [0.15, 0.2) is 65.0 Å². The lowest BCUT2D eigenvalue weighted by molar-refractivity contribution is -0.00706. The highest BCUT2D eigenvalue weighted by atomic mass is 32.2. The monoisotopic (exact) mass is 381 g/mol. The smallest absolute Gasteiger partial charge is 0.274 e. The number of halogens is 3. The van der Waals surface area contributed by atoms with Gasteiger partial charge in [0.2, 0.25) is 0 Å². The van der Waals surface area contributed by atoms with Gasteiger partial charge in [-0.15, -0.1) is 23.1 Å². The molecule has 0 unspecified atom stereocenters. The third kappa shape index (κ3) is 4.92. The van der Waals surface area contributed by atoms with E-state index in [1.807, 2.05) is 23.6 Å². The van der Waals surface area contributed by atoms with E-state index in [1.54, 1.807) is 11.3 Å². The molecule has 0 fully saturated rings. The first-order valence-corrected chi connectivity index (χ1v) is 9.82. The number of nitrogens with zero attached hydrogens (tertiary/aromatic N) is 1. The Morgan fingerprint density at radius 3 is 2.68 bits per heavy atom.